The van der Waals surface area contributed by atoms with Gasteiger partial charge in [-0.15, -0.1) is 0 Å². The number of nitrogens with zero attached hydrogens (tertiary/aromatic N) is 1. The van der Waals surface area contributed by atoms with Gasteiger partial charge in [0.2, 0.25) is 0 Å². The van der Waals surface area contributed by atoms with Crippen LogP contribution in [0.5, 0.6) is 0 Å². The Labute approximate surface area is 95.0 Å². The topological polar surface area (TPSA) is 29.5 Å². The Hall–Kier alpha value is -1.19. The van der Waals surface area contributed by atoms with E-state index >= 15 is 0 Å². The van der Waals surface area contributed by atoms with Crippen LogP contribution in [0.15, 0.2) is 30.3 Å². The first-order valence-electron chi connectivity index (χ1n) is 5.85. The molecule has 2 atom stereocenters. The van der Waals surface area contributed by atoms with Crippen LogP contribution in [-0.2, 0) is 9.63 Å². The van der Waals surface area contributed by atoms with E-state index in [9.17, 15) is 4.79 Å². The van der Waals surface area contributed by atoms with Crippen LogP contribution in [0.25, 0.3) is 0 Å². The third kappa shape index (κ3) is 1.66. The van der Waals surface area contributed by atoms with E-state index in [0.29, 0.717) is 12.2 Å². The summed E-state index contributed by atoms with van der Waals surface area (Å²) in [5.74, 6) is 0.338. The van der Waals surface area contributed by atoms with Crippen molar-refractivity contribution < 1.29 is 9.63 Å². The van der Waals surface area contributed by atoms with Crippen LogP contribution in [0.1, 0.15) is 30.9 Å². The average molecular weight is 217 g/mol. The summed E-state index contributed by atoms with van der Waals surface area (Å²) in [4.78, 5) is 17.6. The number of ketones is 1. The summed E-state index contributed by atoms with van der Waals surface area (Å²) in [5.41, 5.74) is 1.17. The molecule has 84 valence electrons. The van der Waals surface area contributed by atoms with E-state index in [0.717, 1.165) is 19.4 Å². The molecule has 0 bridgehead atoms. The van der Waals surface area contributed by atoms with Crippen LogP contribution >= 0.6 is 0 Å². The van der Waals surface area contributed by atoms with Crippen LogP contribution < -0.4 is 0 Å². The van der Waals surface area contributed by atoms with Crippen LogP contribution in [0.4, 0.5) is 0 Å². The molecule has 3 nitrogen and oxygen atoms in total. The number of hydrogen-bond acceptors (Lipinski definition) is 3. The zero-order valence-corrected chi connectivity index (χ0v) is 9.13. The standard InChI is InChI=1S/C13H15NO2/c15-12-7-4-8-14-11(12)9-13(16-14)10-5-2-1-3-6-10/h1-3,5-6,11,13H,4,7-9H2. The molecule has 1 aromatic carbocycles. The van der Waals surface area contributed by atoms with Gasteiger partial charge in [-0.2, -0.15) is 5.06 Å². The maximum atomic E-state index is 11.7. The summed E-state index contributed by atoms with van der Waals surface area (Å²) >= 11 is 0. The molecule has 0 N–H and O–H groups in total. The molecule has 0 aliphatic carbocycles. The first-order chi connectivity index (χ1) is 7.84. The highest BCUT2D eigenvalue weighted by Gasteiger charge is 2.40. The summed E-state index contributed by atoms with van der Waals surface area (Å²) in [6, 6.07) is 10.1. The molecule has 3 heteroatoms. The first-order valence-corrected chi connectivity index (χ1v) is 5.85. The Kier molecular flexibility index (Phi) is 2.50. The van der Waals surface area contributed by atoms with Gasteiger partial charge in [0, 0.05) is 19.4 Å². The van der Waals surface area contributed by atoms with Gasteiger partial charge in [0.1, 0.15) is 6.10 Å². The fourth-order valence-corrected chi connectivity index (χ4v) is 2.54. The van der Waals surface area contributed by atoms with E-state index in [-0.39, 0.29) is 12.1 Å². The minimum atomic E-state index is -0.000967. The second-order valence-corrected chi connectivity index (χ2v) is 4.47. The summed E-state index contributed by atoms with van der Waals surface area (Å²) in [7, 11) is 0. The molecule has 2 heterocycles. The largest absolute Gasteiger partial charge is 0.298 e. The van der Waals surface area contributed by atoms with Gasteiger partial charge >= 0.3 is 0 Å². The van der Waals surface area contributed by atoms with Crippen LogP contribution in [0, 0.1) is 0 Å². The molecule has 0 saturated carbocycles. The molecule has 2 saturated heterocycles. The summed E-state index contributed by atoms with van der Waals surface area (Å²) in [6.07, 6.45) is 2.51. The van der Waals surface area contributed by atoms with Crippen molar-refractivity contribution in [2.75, 3.05) is 6.54 Å². The SMILES string of the molecule is O=C1CCCN2OC(c3ccccc3)CC12. The average Bonchev–Trinajstić information content (AvgIpc) is 2.76. The molecule has 0 radical (unpaired) electrons. The normalized spacial score (nSPS) is 30.4. The van der Waals surface area contributed by atoms with Gasteiger partial charge in [-0.05, 0) is 12.0 Å². The third-order valence-corrected chi connectivity index (χ3v) is 3.39. The predicted molar refractivity (Wildman–Crippen MR) is 59.6 cm³/mol. The van der Waals surface area contributed by atoms with Crippen LogP contribution in [0.3, 0.4) is 0 Å². The number of carbonyl (C=O) groups is 1. The summed E-state index contributed by atoms with van der Waals surface area (Å²) < 4.78 is 0. The Morgan fingerprint density at radius 2 is 2.06 bits per heavy atom. The summed E-state index contributed by atoms with van der Waals surface area (Å²) in [5, 5.41) is 1.88. The third-order valence-electron chi connectivity index (χ3n) is 3.39. The lowest BCUT2D eigenvalue weighted by atomic mass is 9.96. The van der Waals surface area contributed by atoms with Crippen molar-refractivity contribution in [3.8, 4) is 0 Å². The fourth-order valence-electron chi connectivity index (χ4n) is 2.54. The van der Waals surface area contributed by atoms with Gasteiger partial charge in [-0.1, -0.05) is 30.3 Å². The molecule has 2 fully saturated rings. The van der Waals surface area contributed by atoms with E-state index in [1.807, 2.05) is 23.3 Å². The second-order valence-electron chi connectivity index (χ2n) is 4.47. The molecule has 16 heavy (non-hydrogen) atoms. The van der Waals surface area contributed by atoms with E-state index in [4.69, 9.17) is 4.84 Å². The van der Waals surface area contributed by atoms with Crippen molar-refractivity contribution in [2.45, 2.75) is 31.4 Å². The monoisotopic (exact) mass is 217 g/mol. The molecular formula is C13H15NO2. The van der Waals surface area contributed by atoms with Crippen molar-refractivity contribution in [1.82, 2.24) is 5.06 Å². The lowest BCUT2D eigenvalue weighted by Gasteiger charge is -2.25. The number of hydroxylamine groups is 2. The van der Waals surface area contributed by atoms with Gasteiger partial charge in [0.15, 0.2) is 5.78 Å². The molecule has 2 aliphatic heterocycles. The number of fused-ring (bicyclic) bond motifs is 1. The summed E-state index contributed by atoms with van der Waals surface area (Å²) in [6.45, 7) is 0.889. The molecule has 2 unspecified atom stereocenters. The lowest BCUT2D eigenvalue weighted by Crippen LogP contribution is -2.40. The highest BCUT2D eigenvalue weighted by molar-refractivity contribution is 5.84. The maximum Gasteiger partial charge on any atom is 0.152 e. The van der Waals surface area contributed by atoms with E-state index in [2.05, 4.69) is 12.1 Å². The quantitative estimate of drug-likeness (QED) is 0.721. The fraction of sp³-hybridized carbons (Fsp3) is 0.462. The molecular weight excluding hydrogens is 202 g/mol. The van der Waals surface area contributed by atoms with Gasteiger partial charge in [0.25, 0.3) is 0 Å². The lowest BCUT2D eigenvalue weighted by molar-refractivity contribution is -0.177. The molecule has 3 rings (SSSR count). The van der Waals surface area contributed by atoms with E-state index < -0.39 is 0 Å². The number of Topliss-reactive ketones (excluding diaryl/α,β-unsaturated/α-hetero) is 1. The van der Waals surface area contributed by atoms with Gasteiger partial charge in [-0.3, -0.25) is 9.63 Å². The minimum absolute atomic E-state index is 0.000967. The van der Waals surface area contributed by atoms with E-state index in [1.165, 1.54) is 5.56 Å². The Bertz CT molecular complexity index is 390. The van der Waals surface area contributed by atoms with Crippen LogP contribution in [0.2, 0.25) is 0 Å². The predicted octanol–water partition coefficient (Wildman–Crippen LogP) is 2.10. The first kappa shape index (κ1) is 10.00. The molecule has 0 amide bonds. The second kappa shape index (κ2) is 4.00. The molecule has 0 aromatic heterocycles. The maximum absolute atomic E-state index is 11.7. The van der Waals surface area contributed by atoms with Crippen molar-refractivity contribution >= 4 is 5.78 Å². The zero-order valence-electron chi connectivity index (χ0n) is 9.13. The highest BCUT2D eigenvalue weighted by Crippen LogP contribution is 2.35. The van der Waals surface area contributed by atoms with Crippen LogP contribution in [-0.4, -0.2) is 23.4 Å². The number of hydrogen-bond donors (Lipinski definition) is 0. The zero-order chi connectivity index (χ0) is 11.0. The van der Waals surface area contributed by atoms with Gasteiger partial charge < -0.3 is 0 Å². The molecule has 2 aliphatic rings. The van der Waals surface area contributed by atoms with Crippen molar-refractivity contribution in [3.05, 3.63) is 35.9 Å². The Balaban J connectivity index is 1.79. The number of piperidine rings is 1. The number of rotatable bonds is 1. The van der Waals surface area contributed by atoms with E-state index in [1.54, 1.807) is 0 Å². The number of carbonyl (C=O) groups excluding carboxylic acids is 1. The van der Waals surface area contributed by atoms with Crippen molar-refractivity contribution in [1.29, 1.82) is 0 Å². The number of benzene rings is 1. The van der Waals surface area contributed by atoms with Crippen molar-refractivity contribution in [2.24, 2.45) is 0 Å². The molecule has 0 spiro atoms. The molecule has 1 aromatic rings. The van der Waals surface area contributed by atoms with Crippen molar-refractivity contribution in [3.63, 3.8) is 0 Å². The van der Waals surface area contributed by atoms with Gasteiger partial charge in [-0.25, -0.2) is 0 Å². The van der Waals surface area contributed by atoms with Gasteiger partial charge in [0.05, 0.1) is 6.04 Å². The minimum Gasteiger partial charge on any atom is -0.298 e. The smallest absolute Gasteiger partial charge is 0.152 e. The highest BCUT2D eigenvalue weighted by atomic mass is 16.7. The Morgan fingerprint density at radius 3 is 2.81 bits per heavy atom. The Morgan fingerprint density at radius 1 is 1.25 bits per heavy atom.